The second-order valence-corrected chi connectivity index (χ2v) is 5.44. The first-order chi connectivity index (χ1) is 8.22. The molecule has 0 amide bonds. The third-order valence-electron chi connectivity index (χ3n) is 3.03. The van der Waals surface area contributed by atoms with Gasteiger partial charge in [0.05, 0.1) is 0 Å². The fraction of sp³-hybridized carbons (Fsp3) is 0.333. The number of aryl methyl sites for hydroxylation is 2. The van der Waals surface area contributed by atoms with Crippen LogP contribution in [0.1, 0.15) is 22.9 Å². The Labute approximate surface area is 108 Å². The second-order valence-electron chi connectivity index (χ2n) is 4.32. The lowest BCUT2D eigenvalue weighted by atomic mass is 9.99. The molecule has 90 valence electrons. The molecule has 2 heteroatoms. The maximum atomic E-state index is 3.37. The fourth-order valence-corrected chi connectivity index (χ4v) is 2.72. The molecular formula is C15H19NS. The van der Waals surface area contributed by atoms with Gasteiger partial charge in [-0.1, -0.05) is 19.1 Å². The van der Waals surface area contributed by atoms with E-state index in [0.717, 1.165) is 13.1 Å². The summed E-state index contributed by atoms with van der Waals surface area (Å²) in [6.45, 7) is 8.48. The number of rotatable bonds is 4. The quantitative estimate of drug-likeness (QED) is 0.853. The SMILES string of the molecule is CCNCc1ccc(C)c(-c2ccsc2C)c1. The average molecular weight is 245 g/mol. The van der Waals surface area contributed by atoms with Crippen molar-refractivity contribution in [3.8, 4) is 11.1 Å². The number of hydrogen-bond donors (Lipinski definition) is 1. The highest BCUT2D eigenvalue weighted by Crippen LogP contribution is 2.30. The first-order valence-corrected chi connectivity index (χ1v) is 6.95. The van der Waals surface area contributed by atoms with Crippen molar-refractivity contribution in [1.29, 1.82) is 0 Å². The van der Waals surface area contributed by atoms with E-state index in [1.54, 1.807) is 0 Å². The molecule has 0 saturated heterocycles. The normalized spacial score (nSPS) is 10.8. The van der Waals surface area contributed by atoms with Crippen molar-refractivity contribution >= 4 is 11.3 Å². The van der Waals surface area contributed by atoms with E-state index in [2.05, 4.69) is 55.7 Å². The third kappa shape index (κ3) is 2.76. The molecule has 0 unspecified atom stereocenters. The summed E-state index contributed by atoms with van der Waals surface area (Å²) in [4.78, 5) is 1.40. The Bertz CT molecular complexity index is 499. The van der Waals surface area contributed by atoms with E-state index in [1.165, 1.54) is 27.1 Å². The van der Waals surface area contributed by atoms with Gasteiger partial charge in [-0.2, -0.15) is 0 Å². The van der Waals surface area contributed by atoms with Crippen molar-refractivity contribution in [3.05, 3.63) is 45.6 Å². The van der Waals surface area contributed by atoms with Crippen LogP contribution in [-0.2, 0) is 6.54 Å². The van der Waals surface area contributed by atoms with Crippen LogP contribution in [0.3, 0.4) is 0 Å². The number of benzene rings is 1. The Kier molecular flexibility index (Phi) is 3.97. The van der Waals surface area contributed by atoms with Gasteiger partial charge in [0.2, 0.25) is 0 Å². The average Bonchev–Trinajstić information content (AvgIpc) is 2.74. The number of nitrogens with one attached hydrogen (secondary N) is 1. The number of hydrogen-bond acceptors (Lipinski definition) is 2. The highest BCUT2D eigenvalue weighted by Gasteiger charge is 2.07. The van der Waals surface area contributed by atoms with Crippen LogP contribution >= 0.6 is 11.3 Å². The van der Waals surface area contributed by atoms with Gasteiger partial charge in [-0.15, -0.1) is 11.3 Å². The van der Waals surface area contributed by atoms with Crippen LogP contribution in [0.25, 0.3) is 11.1 Å². The molecule has 0 aliphatic carbocycles. The Hall–Kier alpha value is -1.12. The van der Waals surface area contributed by atoms with Gasteiger partial charge >= 0.3 is 0 Å². The van der Waals surface area contributed by atoms with Gasteiger partial charge in [0.1, 0.15) is 0 Å². The Morgan fingerprint density at radius 1 is 1.12 bits per heavy atom. The molecule has 0 bridgehead atoms. The summed E-state index contributed by atoms with van der Waals surface area (Å²) >= 11 is 1.82. The van der Waals surface area contributed by atoms with Gasteiger partial charge in [0.25, 0.3) is 0 Å². The van der Waals surface area contributed by atoms with Crippen LogP contribution < -0.4 is 5.32 Å². The van der Waals surface area contributed by atoms with Gasteiger partial charge in [-0.25, -0.2) is 0 Å². The summed E-state index contributed by atoms with van der Waals surface area (Å²) < 4.78 is 0. The van der Waals surface area contributed by atoms with E-state index in [1.807, 2.05) is 11.3 Å². The third-order valence-corrected chi connectivity index (χ3v) is 3.88. The van der Waals surface area contributed by atoms with Gasteiger partial charge in [-0.3, -0.25) is 0 Å². The molecule has 0 fully saturated rings. The topological polar surface area (TPSA) is 12.0 Å². The highest BCUT2D eigenvalue weighted by atomic mass is 32.1. The zero-order valence-electron chi connectivity index (χ0n) is 10.7. The predicted molar refractivity (Wildman–Crippen MR) is 76.6 cm³/mol. The number of thiophene rings is 1. The molecule has 0 saturated carbocycles. The van der Waals surface area contributed by atoms with E-state index in [-0.39, 0.29) is 0 Å². The summed E-state index contributed by atoms with van der Waals surface area (Å²) in [6.07, 6.45) is 0. The lowest BCUT2D eigenvalue weighted by Gasteiger charge is -2.09. The summed E-state index contributed by atoms with van der Waals surface area (Å²) in [5.74, 6) is 0. The van der Waals surface area contributed by atoms with Crippen LogP contribution in [0.15, 0.2) is 29.6 Å². The smallest absolute Gasteiger partial charge is 0.0205 e. The molecule has 0 aliphatic heterocycles. The first-order valence-electron chi connectivity index (χ1n) is 6.07. The lowest BCUT2D eigenvalue weighted by Crippen LogP contribution is -2.11. The van der Waals surface area contributed by atoms with Gasteiger partial charge in [-0.05, 0) is 60.2 Å². The predicted octanol–water partition coefficient (Wildman–Crippen LogP) is 4.14. The summed E-state index contributed by atoms with van der Waals surface area (Å²) in [5, 5.41) is 5.54. The fourth-order valence-electron chi connectivity index (χ4n) is 2.00. The summed E-state index contributed by atoms with van der Waals surface area (Å²) in [7, 11) is 0. The molecule has 0 radical (unpaired) electrons. The maximum absolute atomic E-state index is 3.37. The lowest BCUT2D eigenvalue weighted by molar-refractivity contribution is 0.727. The molecule has 1 heterocycles. The van der Waals surface area contributed by atoms with Crippen LogP contribution in [0.2, 0.25) is 0 Å². The van der Waals surface area contributed by atoms with E-state index < -0.39 is 0 Å². The van der Waals surface area contributed by atoms with Crippen molar-refractivity contribution in [2.75, 3.05) is 6.54 Å². The Morgan fingerprint density at radius 3 is 2.59 bits per heavy atom. The van der Waals surface area contributed by atoms with Crippen molar-refractivity contribution in [2.45, 2.75) is 27.3 Å². The van der Waals surface area contributed by atoms with E-state index in [4.69, 9.17) is 0 Å². The zero-order chi connectivity index (χ0) is 12.3. The van der Waals surface area contributed by atoms with Crippen molar-refractivity contribution in [1.82, 2.24) is 5.32 Å². The largest absolute Gasteiger partial charge is 0.313 e. The minimum atomic E-state index is 0.951. The second kappa shape index (κ2) is 5.48. The summed E-state index contributed by atoms with van der Waals surface area (Å²) in [6, 6.07) is 8.97. The molecule has 0 atom stereocenters. The van der Waals surface area contributed by atoms with Gasteiger partial charge < -0.3 is 5.32 Å². The van der Waals surface area contributed by atoms with E-state index in [0.29, 0.717) is 0 Å². The van der Waals surface area contributed by atoms with Gasteiger partial charge in [0.15, 0.2) is 0 Å². The van der Waals surface area contributed by atoms with Crippen LogP contribution in [-0.4, -0.2) is 6.54 Å². The van der Waals surface area contributed by atoms with Crippen LogP contribution in [0.5, 0.6) is 0 Å². The molecule has 1 aromatic heterocycles. The monoisotopic (exact) mass is 245 g/mol. The maximum Gasteiger partial charge on any atom is 0.0205 e. The van der Waals surface area contributed by atoms with Crippen molar-refractivity contribution in [2.24, 2.45) is 0 Å². The first kappa shape index (κ1) is 12.3. The van der Waals surface area contributed by atoms with Crippen molar-refractivity contribution < 1.29 is 0 Å². The molecule has 2 rings (SSSR count). The minimum absolute atomic E-state index is 0.951. The summed E-state index contributed by atoms with van der Waals surface area (Å²) in [5.41, 5.74) is 5.47. The van der Waals surface area contributed by atoms with Gasteiger partial charge in [0, 0.05) is 11.4 Å². The molecule has 1 N–H and O–H groups in total. The Balaban J connectivity index is 2.36. The highest BCUT2D eigenvalue weighted by molar-refractivity contribution is 7.10. The molecule has 17 heavy (non-hydrogen) atoms. The minimum Gasteiger partial charge on any atom is -0.313 e. The molecule has 1 nitrogen and oxygen atoms in total. The van der Waals surface area contributed by atoms with Crippen molar-refractivity contribution in [3.63, 3.8) is 0 Å². The van der Waals surface area contributed by atoms with E-state index in [9.17, 15) is 0 Å². The van der Waals surface area contributed by atoms with Crippen LogP contribution in [0, 0.1) is 13.8 Å². The Morgan fingerprint density at radius 2 is 1.94 bits per heavy atom. The zero-order valence-corrected chi connectivity index (χ0v) is 11.5. The standard InChI is InChI=1S/C15H19NS/c1-4-16-10-13-6-5-11(2)15(9-13)14-7-8-17-12(14)3/h5-9,16H,4,10H2,1-3H3. The van der Waals surface area contributed by atoms with Crippen LogP contribution in [0.4, 0.5) is 0 Å². The van der Waals surface area contributed by atoms with E-state index >= 15 is 0 Å². The molecule has 0 spiro atoms. The molecular weight excluding hydrogens is 226 g/mol. The molecule has 1 aromatic carbocycles. The molecule has 2 aromatic rings. The molecule has 0 aliphatic rings.